The maximum Gasteiger partial charge on any atom is 0.267 e. The normalized spacial score (nSPS) is 24.6. The van der Waals surface area contributed by atoms with E-state index in [0.29, 0.717) is 28.0 Å². The largest absolute Gasteiger partial charge is 0.465 e. The van der Waals surface area contributed by atoms with Crippen molar-refractivity contribution in [3.63, 3.8) is 0 Å². The van der Waals surface area contributed by atoms with Gasteiger partial charge < -0.3 is 9.32 Å². The zero-order valence-electron chi connectivity index (χ0n) is 15.0. The van der Waals surface area contributed by atoms with E-state index >= 15 is 0 Å². The summed E-state index contributed by atoms with van der Waals surface area (Å²) in [5, 5.41) is 0. The SMILES string of the molecule is CCN(C(=O)[C@H](C)N1C(=O)/C(=C\c2ccco2)SC1=S)[C@H]1CCS(=O)(=O)C1. The number of thioether (sulfide) groups is 1. The van der Waals surface area contributed by atoms with Crippen molar-refractivity contribution in [3.8, 4) is 0 Å². The van der Waals surface area contributed by atoms with Crippen molar-refractivity contribution < 1.29 is 22.4 Å². The second kappa shape index (κ2) is 7.76. The Bertz CT molecular complexity index is 892. The van der Waals surface area contributed by atoms with E-state index in [1.165, 1.54) is 11.2 Å². The Kier molecular flexibility index (Phi) is 5.78. The first-order chi connectivity index (χ1) is 12.7. The van der Waals surface area contributed by atoms with Gasteiger partial charge in [0.25, 0.3) is 5.91 Å². The van der Waals surface area contributed by atoms with Gasteiger partial charge in [-0.1, -0.05) is 24.0 Å². The number of nitrogens with zero attached hydrogens (tertiary/aromatic N) is 2. The van der Waals surface area contributed by atoms with Gasteiger partial charge in [-0.2, -0.15) is 0 Å². The Morgan fingerprint density at radius 2 is 2.30 bits per heavy atom. The molecule has 2 aliphatic rings. The summed E-state index contributed by atoms with van der Waals surface area (Å²) < 4.78 is 29.1. The maximum atomic E-state index is 13.0. The lowest BCUT2D eigenvalue weighted by atomic mass is 10.1. The fraction of sp³-hybridized carbons (Fsp3) is 0.471. The standard InChI is InChI=1S/C17H20N2O5S3/c1-3-18(12-6-8-27(22,23)10-12)15(20)11(2)19-16(21)14(26-17(19)25)9-13-5-4-7-24-13/h4-5,7,9,11-12H,3,6,8,10H2,1-2H3/b14-9+/t11-,12-/m0/s1. The molecule has 7 nitrogen and oxygen atoms in total. The lowest BCUT2D eigenvalue weighted by Gasteiger charge is -2.32. The van der Waals surface area contributed by atoms with Crippen LogP contribution >= 0.6 is 24.0 Å². The number of sulfone groups is 1. The van der Waals surface area contributed by atoms with Crippen molar-refractivity contribution >= 4 is 56.0 Å². The molecule has 0 spiro atoms. The topological polar surface area (TPSA) is 87.9 Å². The van der Waals surface area contributed by atoms with Crippen LogP contribution in [-0.4, -0.2) is 64.5 Å². The zero-order chi connectivity index (χ0) is 19.8. The highest BCUT2D eigenvalue weighted by Gasteiger charge is 2.42. The second-order valence-electron chi connectivity index (χ2n) is 6.42. The maximum absolute atomic E-state index is 13.0. The zero-order valence-corrected chi connectivity index (χ0v) is 17.4. The first kappa shape index (κ1) is 20.1. The van der Waals surface area contributed by atoms with E-state index in [4.69, 9.17) is 16.6 Å². The van der Waals surface area contributed by atoms with Gasteiger partial charge in [-0.3, -0.25) is 14.5 Å². The van der Waals surface area contributed by atoms with Gasteiger partial charge in [0.1, 0.15) is 16.1 Å². The van der Waals surface area contributed by atoms with Crippen LogP contribution < -0.4 is 0 Å². The van der Waals surface area contributed by atoms with Gasteiger partial charge in [-0.15, -0.1) is 0 Å². The quantitative estimate of drug-likeness (QED) is 0.523. The van der Waals surface area contributed by atoms with Gasteiger partial charge >= 0.3 is 0 Å². The van der Waals surface area contributed by atoms with E-state index in [-0.39, 0.29) is 29.4 Å². The van der Waals surface area contributed by atoms with Gasteiger partial charge in [-0.05, 0) is 32.4 Å². The van der Waals surface area contributed by atoms with Gasteiger partial charge in [-0.25, -0.2) is 8.42 Å². The highest BCUT2D eigenvalue weighted by atomic mass is 32.2. The van der Waals surface area contributed by atoms with E-state index in [9.17, 15) is 18.0 Å². The van der Waals surface area contributed by atoms with E-state index in [1.807, 2.05) is 0 Å². The van der Waals surface area contributed by atoms with Crippen molar-refractivity contribution in [1.29, 1.82) is 0 Å². The molecule has 2 atom stereocenters. The van der Waals surface area contributed by atoms with Crippen LogP contribution in [0.5, 0.6) is 0 Å². The minimum atomic E-state index is -3.11. The fourth-order valence-corrected chi connectivity index (χ4v) is 6.41. The molecule has 2 aliphatic heterocycles. The Hall–Kier alpha value is -1.65. The van der Waals surface area contributed by atoms with E-state index < -0.39 is 15.9 Å². The highest BCUT2D eigenvalue weighted by Crippen LogP contribution is 2.34. The number of rotatable bonds is 5. The molecule has 2 fully saturated rings. The monoisotopic (exact) mass is 428 g/mol. The van der Waals surface area contributed by atoms with Gasteiger partial charge in [0, 0.05) is 18.7 Å². The molecule has 0 aliphatic carbocycles. The Labute approximate surface area is 167 Å². The number of amides is 2. The smallest absolute Gasteiger partial charge is 0.267 e. The molecule has 1 aromatic heterocycles. The number of furan rings is 1. The molecule has 2 amide bonds. The molecule has 146 valence electrons. The second-order valence-corrected chi connectivity index (χ2v) is 10.3. The van der Waals surface area contributed by atoms with Gasteiger partial charge in [0.15, 0.2) is 9.84 Å². The molecule has 0 bridgehead atoms. The summed E-state index contributed by atoms with van der Waals surface area (Å²) in [6.45, 7) is 3.80. The molecular formula is C17H20N2O5S3. The Morgan fingerprint density at radius 1 is 1.56 bits per heavy atom. The highest BCUT2D eigenvalue weighted by molar-refractivity contribution is 8.26. The lowest BCUT2D eigenvalue weighted by molar-refractivity contribution is -0.140. The third-order valence-corrected chi connectivity index (χ3v) is 7.74. The Balaban J connectivity index is 1.77. The Morgan fingerprint density at radius 3 is 2.85 bits per heavy atom. The van der Waals surface area contributed by atoms with Gasteiger partial charge in [0.2, 0.25) is 5.91 Å². The number of carbonyl (C=O) groups is 2. The molecule has 1 aromatic rings. The van der Waals surface area contributed by atoms with Crippen LogP contribution in [0, 0.1) is 0 Å². The molecule has 3 heterocycles. The van der Waals surface area contributed by atoms with Crippen molar-refractivity contribution in [2.45, 2.75) is 32.4 Å². The van der Waals surface area contributed by atoms with E-state index in [2.05, 4.69) is 0 Å². The number of hydrogen-bond acceptors (Lipinski definition) is 7. The predicted molar refractivity (Wildman–Crippen MR) is 108 cm³/mol. The molecule has 10 heteroatoms. The molecule has 0 N–H and O–H groups in total. The third kappa shape index (κ3) is 4.12. The summed E-state index contributed by atoms with van der Waals surface area (Å²) in [4.78, 5) is 29.0. The van der Waals surface area contributed by atoms with Crippen LogP contribution in [-0.2, 0) is 19.4 Å². The van der Waals surface area contributed by atoms with Crippen molar-refractivity contribution in [2.75, 3.05) is 18.1 Å². The third-order valence-electron chi connectivity index (χ3n) is 4.66. The molecule has 3 rings (SSSR count). The summed E-state index contributed by atoms with van der Waals surface area (Å²) in [6.07, 6.45) is 3.52. The van der Waals surface area contributed by atoms with Crippen molar-refractivity contribution in [3.05, 3.63) is 29.1 Å². The van der Waals surface area contributed by atoms with Crippen LogP contribution in [0.15, 0.2) is 27.7 Å². The molecule has 0 saturated carbocycles. The van der Waals surface area contributed by atoms with Crippen LogP contribution in [0.25, 0.3) is 6.08 Å². The van der Waals surface area contributed by atoms with Crippen molar-refractivity contribution in [2.24, 2.45) is 0 Å². The average Bonchev–Trinajstić information content (AvgIpc) is 3.30. The van der Waals surface area contributed by atoms with E-state index in [0.717, 1.165) is 11.8 Å². The van der Waals surface area contributed by atoms with Crippen LogP contribution in [0.1, 0.15) is 26.0 Å². The van der Waals surface area contributed by atoms with Crippen LogP contribution in [0.2, 0.25) is 0 Å². The van der Waals surface area contributed by atoms with E-state index in [1.54, 1.807) is 37.0 Å². The van der Waals surface area contributed by atoms with Gasteiger partial charge in [0.05, 0.1) is 22.7 Å². The summed E-state index contributed by atoms with van der Waals surface area (Å²) in [6, 6.07) is 2.28. The summed E-state index contributed by atoms with van der Waals surface area (Å²) in [7, 11) is -3.11. The number of thiocarbonyl (C=S) groups is 1. The number of hydrogen-bond donors (Lipinski definition) is 0. The number of likely N-dealkylation sites (N-methyl/N-ethyl adjacent to an activating group) is 1. The molecule has 0 radical (unpaired) electrons. The first-order valence-electron chi connectivity index (χ1n) is 8.55. The summed E-state index contributed by atoms with van der Waals surface area (Å²) >= 11 is 6.43. The molecule has 0 unspecified atom stereocenters. The minimum Gasteiger partial charge on any atom is -0.465 e. The predicted octanol–water partition coefficient (Wildman–Crippen LogP) is 1.90. The average molecular weight is 429 g/mol. The van der Waals surface area contributed by atoms with Crippen molar-refractivity contribution in [1.82, 2.24) is 9.80 Å². The molecular weight excluding hydrogens is 408 g/mol. The molecule has 27 heavy (non-hydrogen) atoms. The molecule has 2 saturated heterocycles. The number of carbonyl (C=O) groups excluding carboxylic acids is 2. The fourth-order valence-electron chi connectivity index (χ4n) is 3.28. The lowest BCUT2D eigenvalue weighted by Crippen LogP contribution is -2.52. The molecule has 0 aromatic carbocycles. The summed E-state index contributed by atoms with van der Waals surface area (Å²) in [5.41, 5.74) is 0. The van der Waals surface area contributed by atoms with Crippen LogP contribution in [0.4, 0.5) is 0 Å². The van der Waals surface area contributed by atoms with Crippen LogP contribution in [0.3, 0.4) is 0 Å². The first-order valence-corrected chi connectivity index (χ1v) is 11.6. The summed E-state index contributed by atoms with van der Waals surface area (Å²) in [5.74, 6) is -0.0629. The minimum absolute atomic E-state index is 0.0317.